The van der Waals surface area contributed by atoms with Crippen molar-refractivity contribution in [2.24, 2.45) is 0 Å². The molecule has 0 bridgehead atoms. The van der Waals surface area contributed by atoms with Gasteiger partial charge in [-0.1, -0.05) is 6.07 Å². The van der Waals surface area contributed by atoms with Crippen LogP contribution in [0.1, 0.15) is 17.3 Å². The van der Waals surface area contributed by atoms with Gasteiger partial charge in [-0.2, -0.15) is 0 Å². The Labute approximate surface area is 93.6 Å². The van der Waals surface area contributed by atoms with Crippen molar-refractivity contribution in [3.63, 3.8) is 0 Å². The fourth-order valence-electron chi connectivity index (χ4n) is 1.18. The highest BCUT2D eigenvalue weighted by molar-refractivity contribution is 5.92. The maximum absolute atomic E-state index is 10.9. The molecular weight excluding hydrogens is 212 g/mol. The number of carboxylic acids is 1. The Hall–Kier alpha value is -1.75. The molecule has 5 nitrogen and oxygen atoms in total. The van der Waals surface area contributed by atoms with Gasteiger partial charge in [0.1, 0.15) is 5.56 Å². The Bertz CT molecular complexity index is 361. The third kappa shape index (κ3) is 2.87. The second-order valence-electron chi connectivity index (χ2n) is 2.90. The fraction of sp³-hybridized carbons (Fsp3) is 0.364. The van der Waals surface area contributed by atoms with Gasteiger partial charge in [-0.15, -0.1) is 0 Å². The van der Waals surface area contributed by atoms with Gasteiger partial charge < -0.3 is 19.3 Å². The van der Waals surface area contributed by atoms with Crippen molar-refractivity contribution in [1.82, 2.24) is 0 Å². The number of carboxylic acid groups (broad SMARTS) is 1. The molecular formula is C11H14O5. The molecule has 0 heterocycles. The number of carbonyl (C=O) groups is 1. The Balaban J connectivity index is 2.95. The summed E-state index contributed by atoms with van der Waals surface area (Å²) in [4.78, 5) is 10.9. The first kappa shape index (κ1) is 12.3. The van der Waals surface area contributed by atoms with Crippen molar-refractivity contribution in [2.45, 2.75) is 6.92 Å². The van der Waals surface area contributed by atoms with Crippen molar-refractivity contribution in [2.75, 3.05) is 20.5 Å². The minimum absolute atomic E-state index is 0.00282. The fourth-order valence-corrected chi connectivity index (χ4v) is 1.18. The predicted octanol–water partition coefficient (Wildman–Crippen LogP) is 1.77. The van der Waals surface area contributed by atoms with E-state index in [1.807, 2.05) is 6.92 Å². The number of ether oxygens (including phenoxy) is 3. The number of aromatic carboxylic acids is 1. The summed E-state index contributed by atoms with van der Waals surface area (Å²) in [7, 11) is 1.45. The lowest BCUT2D eigenvalue weighted by Crippen LogP contribution is -2.08. The van der Waals surface area contributed by atoms with E-state index in [2.05, 4.69) is 0 Å². The van der Waals surface area contributed by atoms with E-state index in [1.54, 1.807) is 12.1 Å². The molecule has 0 aliphatic rings. The number of methoxy groups -OCH3 is 1. The summed E-state index contributed by atoms with van der Waals surface area (Å²) in [5, 5.41) is 8.97. The average Bonchev–Trinajstić information content (AvgIpc) is 2.29. The van der Waals surface area contributed by atoms with Crippen LogP contribution in [0.4, 0.5) is 0 Å². The second kappa shape index (κ2) is 5.97. The zero-order chi connectivity index (χ0) is 12.0. The van der Waals surface area contributed by atoms with Crippen molar-refractivity contribution < 1.29 is 24.1 Å². The van der Waals surface area contributed by atoms with Crippen LogP contribution >= 0.6 is 0 Å². The lowest BCUT2D eigenvalue weighted by Gasteiger charge is -2.12. The van der Waals surface area contributed by atoms with E-state index in [1.165, 1.54) is 13.2 Å². The van der Waals surface area contributed by atoms with Crippen LogP contribution in [0.5, 0.6) is 11.5 Å². The van der Waals surface area contributed by atoms with Crippen LogP contribution in [0.3, 0.4) is 0 Å². The highest BCUT2D eigenvalue weighted by atomic mass is 16.7. The molecule has 0 atom stereocenters. The molecule has 0 spiro atoms. The van der Waals surface area contributed by atoms with Gasteiger partial charge >= 0.3 is 5.97 Å². The van der Waals surface area contributed by atoms with E-state index in [-0.39, 0.29) is 18.1 Å². The van der Waals surface area contributed by atoms with Gasteiger partial charge in [0.25, 0.3) is 0 Å². The van der Waals surface area contributed by atoms with Crippen LogP contribution in [-0.4, -0.2) is 31.6 Å². The average molecular weight is 226 g/mol. The van der Waals surface area contributed by atoms with Crippen LogP contribution in [0.25, 0.3) is 0 Å². The van der Waals surface area contributed by atoms with E-state index < -0.39 is 5.97 Å². The van der Waals surface area contributed by atoms with E-state index in [0.29, 0.717) is 12.4 Å². The molecule has 0 saturated heterocycles. The van der Waals surface area contributed by atoms with Crippen molar-refractivity contribution in [3.05, 3.63) is 23.8 Å². The molecule has 0 amide bonds. The third-order valence-corrected chi connectivity index (χ3v) is 1.92. The minimum Gasteiger partial charge on any atom is -0.493 e. The van der Waals surface area contributed by atoms with Gasteiger partial charge in [0.05, 0.1) is 7.11 Å². The summed E-state index contributed by atoms with van der Waals surface area (Å²) in [6, 6.07) is 4.68. The number of rotatable bonds is 6. The Morgan fingerprint density at radius 1 is 1.44 bits per heavy atom. The maximum atomic E-state index is 10.9. The first-order valence-corrected chi connectivity index (χ1v) is 4.81. The monoisotopic (exact) mass is 226 g/mol. The van der Waals surface area contributed by atoms with Crippen LogP contribution in [-0.2, 0) is 4.74 Å². The van der Waals surface area contributed by atoms with Crippen LogP contribution in [0, 0.1) is 0 Å². The molecule has 0 aromatic heterocycles. The smallest absolute Gasteiger partial charge is 0.339 e. The predicted molar refractivity (Wildman–Crippen MR) is 57.1 cm³/mol. The molecule has 5 heteroatoms. The topological polar surface area (TPSA) is 65.0 Å². The number of benzene rings is 1. The number of hydrogen-bond acceptors (Lipinski definition) is 4. The Morgan fingerprint density at radius 3 is 2.75 bits per heavy atom. The first-order valence-electron chi connectivity index (χ1n) is 4.81. The molecule has 0 unspecified atom stereocenters. The molecule has 0 aliphatic carbocycles. The summed E-state index contributed by atoms with van der Waals surface area (Å²) < 4.78 is 15.3. The van der Waals surface area contributed by atoms with Crippen LogP contribution in [0.2, 0.25) is 0 Å². The number of para-hydroxylation sites is 1. The number of hydrogen-bond donors (Lipinski definition) is 1. The highest BCUT2D eigenvalue weighted by Gasteiger charge is 2.15. The van der Waals surface area contributed by atoms with Gasteiger partial charge in [-0.25, -0.2) is 4.79 Å². The van der Waals surface area contributed by atoms with Gasteiger partial charge in [-0.05, 0) is 19.1 Å². The lowest BCUT2D eigenvalue weighted by molar-refractivity contribution is 0.0198. The van der Waals surface area contributed by atoms with Crippen molar-refractivity contribution >= 4 is 5.97 Å². The quantitative estimate of drug-likeness (QED) is 0.591. The van der Waals surface area contributed by atoms with Crippen molar-refractivity contribution in [1.29, 1.82) is 0 Å². The molecule has 88 valence electrons. The van der Waals surface area contributed by atoms with Crippen LogP contribution in [0.15, 0.2) is 18.2 Å². The second-order valence-corrected chi connectivity index (χ2v) is 2.90. The first-order chi connectivity index (χ1) is 7.70. The molecule has 0 saturated carbocycles. The van der Waals surface area contributed by atoms with E-state index in [4.69, 9.17) is 19.3 Å². The third-order valence-electron chi connectivity index (χ3n) is 1.92. The lowest BCUT2D eigenvalue weighted by atomic mass is 10.2. The summed E-state index contributed by atoms with van der Waals surface area (Å²) in [6.45, 7) is 2.32. The highest BCUT2D eigenvalue weighted by Crippen LogP contribution is 2.30. The molecule has 1 aromatic carbocycles. The van der Waals surface area contributed by atoms with Gasteiger partial charge in [-0.3, -0.25) is 0 Å². The summed E-state index contributed by atoms with van der Waals surface area (Å²) in [6.07, 6.45) is 0. The molecule has 1 aromatic rings. The van der Waals surface area contributed by atoms with Crippen LogP contribution < -0.4 is 9.47 Å². The standard InChI is InChI=1S/C11H14O5/c1-3-15-7-16-10-8(11(12)13)5-4-6-9(10)14-2/h4-6H,3,7H2,1-2H3,(H,12,13). The molecule has 1 rings (SSSR count). The van der Waals surface area contributed by atoms with E-state index in [9.17, 15) is 4.79 Å². The Morgan fingerprint density at radius 2 is 2.19 bits per heavy atom. The summed E-state index contributed by atoms with van der Waals surface area (Å²) in [5.41, 5.74) is 0.0547. The molecule has 0 fully saturated rings. The minimum atomic E-state index is -1.06. The zero-order valence-corrected chi connectivity index (χ0v) is 9.23. The molecule has 0 radical (unpaired) electrons. The van der Waals surface area contributed by atoms with E-state index in [0.717, 1.165) is 0 Å². The molecule has 0 aliphatic heterocycles. The summed E-state index contributed by atoms with van der Waals surface area (Å²) in [5.74, 6) is -0.504. The largest absolute Gasteiger partial charge is 0.493 e. The van der Waals surface area contributed by atoms with E-state index >= 15 is 0 Å². The zero-order valence-electron chi connectivity index (χ0n) is 9.23. The maximum Gasteiger partial charge on any atom is 0.339 e. The molecule has 16 heavy (non-hydrogen) atoms. The van der Waals surface area contributed by atoms with Gasteiger partial charge in [0.15, 0.2) is 18.3 Å². The van der Waals surface area contributed by atoms with Gasteiger partial charge in [0.2, 0.25) is 0 Å². The van der Waals surface area contributed by atoms with Gasteiger partial charge in [0, 0.05) is 6.61 Å². The van der Waals surface area contributed by atoms with Crippen molar-refractivity contribution in [3.8, 4) is 11.5 Å². The molecule has 1 N–H and O–H groups in total. The SMILES string of the molecule is CCOCOc1c(OC)cccc1C(=O)O. The Kier molecular flexibility index (Phi) is 4.60. The summed E-state index contributed by atoms with van der Waals surface area (Å²) >= 11 is 0. The normalized spacial score (nSPS) is 9.88.